The van der Waals surface area contributed by atoms with Gasteiger partial charge in [-0.25, -0.2) is 9.18 Å². The number of primary amides is 1. The first kappa shape index (κ1) is 19.4. The highest BCUT2D eigenvalue weighted by Gasteiger charge is 2.14. The fraction of sp³-hybridized carbons (Fsp3) is 0.438. The van der Waals surface area contributed by atoms with Gasteiger partial charge in [-0.15, -0.1) is 0 Å². The molecule has 0 aromatic heterocycles. The van der Waals surface area contributed by atoms with Crippen LogP contribution in [0, 0.1) is 11.7 Å². The molecule has 1 rings (SSSR count). The van der Waals surface area contributed by atoms with E-state index in [-0.39, 0.29) is 36.2 Å². The first-order valence-corrected chi connectivity index (χ1v) is 7.64. The molecule has 0 saturated heterocycles. The molecule has 0 aliphatic rings. The summed E-state index contributed by atoms with van der Waals surface area (Å²) in [5, 5.41) is 7.56. The second-order valence-corrected chi connectivity index (χ2v) is 5.80. The second kappa shape index (κ2) is 8.85. The molecular weight excluding hydrogens is 315 g/mol. The van der Waals surface area contributed by atoms with Crippen molar-refractivity contribution in [1.29, 1.82) is 0 Å². The van der Waals surface area contributed by atoms with E-state index in [0.717, 1.165) is 6.07 Å². The molecule has 0 heterocycles. The van der Waals surface area contributed by atoms with Crippen molar-refractivity contribution >= 4 is 23.5 Å². The van der Waals surface area contributed by atoms with Crippen molar-refractivity contribution in [3.8, 4) is 0 Å². The van der Waals surface area contributed by atoms with Gasteiger partial charge in [0.15, 0.2) is 0 Å². The highest BCUT2D eigenvalue weighted by molar-refractivity contribution is 5.97. The fourth-order valence-corrected chi connectivity index (χ4v) is 1.70. The number of carbonyl (C=O) groups excluding carboxylic acids is 3. The molecule has 8 heteroatoms. The first-order chi connectivity index (χ1) is 11.2. The Balaban J connectivity index is 2.73. The van der Waals surface area contributed by atoms with Gasteiger partial charge in [0.25, 0.3) is 5.91 Å². The van der Waals surface area contributed by atoms with Crippen molar-refractivity contribution in [2.45, 2.75) is 33.2 Å². The molecule has 0 aliphatic carbocycles. The maximum Gasteiger partial charge on any atom is 0.319 e. The van der Waals surface area contributed by atoms with Crippen LogP contribution >= 0.6 is 0 Å². The van der Waals surface area contributed by atoms with Crippen LogP contribution in [-0.2, 0) is 4.79 Å². The number of carbonyl (C=O) groups is 3. The molecule has 1 atom stereocenters. The average Bonchev–Trinajstić information content (AvgIpc) is 2.48. The summed E-state index contributed by atoms with van der Waals surface area (Å²) >= 11 is 0. The third-order valence-electron chi connectivity index (χ3n) is 3.49. The Kier molecular flexibility index (Phi) is 7.16. The summed E-state index contributed by atoms with van der Waals surface area (Å²) in [4.78, 5) is 34.4. The summed E-state index contributed by atoms with van der Waals surface area (Å²) in [6.07, 6.45) is 0.00748. The molecule has 4 amide bonds. The van der Waals surface area contributed by atoms with Gasteiger partial charge in [0.05, 0.1) is 5.69 Å². The highest BCUT2D eigenvalue weighted by atomic mass is 19.1. The number of nitrogens with one attached hydrogen (secondary N) is 3. The zero-order chi connectivity index (χ0) is 18.3. The number of urea groups is 1. The van der Waals surface area contributed by atoms with E-state index in [9.17, 15) is 18.8 Å². The molecule has 0 spiro atoms. The van der Waals surface area contributed by atoms with E-state index in [0.29, 0.717) is 0 Å². The summed E-state index contributed by atoms with van der Waals surface area (Å²) in [7, 11) is 0. The molecule has 0 saturated carbocycles. The Morgan fingerprint density at radius 3 is 2.46 bits per heavy atom. The van der Waals surface area contributed by atoms with Gasteiger partial charge in [-0.3, -0.25) is 9.59 Å². The minimum Gasteiger partial charge on any atom is -0.370 e. The lowest BCUT2D eigenvalue weighted by Gasteiger charge is -2.18. The number of anilines is 1. The first-order valence-electron chi connectivity index (χ1n) is 7.64. The maximum atomic E-state index is 13.8. The molecule has 1 aromatic carbocycles. The Labute approximate surface area is 140 Å². The lowest BCUT2D eigenvalue weighted by atomic mass is 10.1. The van der Waals surface area contributed by atoms with Gasteiger partial charge in [0.2, 0.25) is 5.91 Å². The number of rotatable bonds is 7. The van der Waals surface area contributed by atoms with Gasteiger partial charge in [0.1, 0.15) is 5.82 Å². The highest BCUT2D eigenvalue weighted by Crippen LogP contribution is 2.16. The third-order valence-corrected chi connectivity index (χ3v) is 3.49. The molecule has 132 valence electrons. The summed E-state index contributed by atoms with van der Waals surface area (Å²) in [6.45, 7) is 5.81. The number of hydrogen-bond donors (Lipinski definition) is 4. The molecule has 0 bridgehead atoms. The van der Waals surface area contributed by atoms with Crippen molar-refractivity contribution in [3.63, 3.8) is 0 Å². The van der Waals surface area contributed by atoms with Gasteiger partial charge in [0, 0.05) is 24.6 Å². The topological polar surface area (TPSA) is 113 Å². The van der Waals surface area contributed by atoms with Gasteiger partial charge in [-0.05, 0) is 31.0 Å². The number of amides is 4. The maximum absolute atomic E-state index is 13.8. The van der Waals surface area contributed by atoms with E-state index < -0.39 is 23.7 Å². The second-order valence-electron chi connectivity index (χ2n) is 5.80. The van der Waals surface area contributed by atoms with Crippen LogP contribution in [0.3, 0.4) is 0 Å². The van der Waals surface area contributed by atoms with E-state index >= 15 is 0 Å². The van der Waals surface area contributed by atoms with Gasteiger partial charge >= 0.3 is 6.03 Å². The van der Waals surface area contributed by atoms with E-state index in [1.165, 1.54) is 12.1 Å². The van der Waals surface area contributed by atoms with Crippen molar-refractivity contribution in [2.75, 3.05) is 11.9 Å². The molecule has 1 aromatic rings. The minimum absolute atomic E-state index is 0.00748. The molecule has 0 fully saturated rings. The van der Waals surface area contributed by atoms with Crippen molar-refractivity contribution < 1.29 is 18.8 Å². The number of nitrogens with two attached hydrogens (primary N) is 1. The van der Waals surface area contributed by atoms with Crippen molar-refractivity contribution in [1.82, 2.24) is 10.6 Å². The normalized spacial score (nSPS) is 11.7. The quantitative estimate of drug-likeness (QED) is 0.605. The van der Waals surface area contributed by atoms with E-state index in [1.54, 1.807) is 0 Å². The SMILES string of the molecule is CC(C)C(C)NC(=O)Nc1cc(C(=O)NCCC(N)=O)ccc1F. The van der Waals surface area contributed by atoms with E-state index in [4.69, 9.17) is 5.73 Å². The smallest absolute Gasteiger partial charge is 0.319 e. The molecule has 0 aliphatic heterocycles. The van der Waals surface area contributed by atoms with Crippen LogP contribution in [0.2, 0.25) is 0 Å². The standard InChI is InChI=1S/C16H23FN4O3/c1-9(2)10(3)20-16(24)21-13-8-11(4-5-12(13)17)15(23)19-7-6-14(18)22/h4-5,8-10H,6-7H2,1-3H3,(H2,18,22)(H,19,23)(H2,20,21,24). The average molecular weight is 338 g/mol. The summed E-state index contributed by atoms with van der Waals surface area (Å²) in [6, 6.07) is 2.96. The van der Waals surface area contributed by atoms with E-state index in [2.05, 4.69) is 16.0 Å². The predicted octanol–water partition coefficient (Wildman–Crippen LogP) is 1.60. The van der Waals surface area contributed by atoms with Crippen LogP contribution in [-0.4, -0.2) is 30.4 Å². The fourth-order valence-electron chi connectivity index (χ4n) is 1.70. The van der Waals surface area contributed by atoms with Gasteiger partial charge in [-0.2, -0.15) is 0 Å². The van der Waals surface area contributed by atoms with Gasteiger partial charge < -0.3 is 21.7 Å². The summed E-state index contributed by atoms with van der Waals surface area (Å²) < 4.78 is 13.8. The Morgan fingerprint density at radius 2 is 1.88 bits per heavy atom. The Morgan fingerprint density at radius 1 is 1.21 bits per heavy atom. The van der Waals surface area contributed by atoms with Crippen LogP contribution in [0.1, 0.15) is 37.6 Å². The molecule has 7 nitrogen and oxygen atoms in total. The lowest BCUT2D eigenvalue weighted by molar-refractivity contribution is -0.117. The Bertz CT molecular complexity index is 619. The molecule has 5 N–H and O–H groups in total. The van der Waals surface area contributed by atoms with E-state index in [1.807, 2.05) is 20.8 Å². The minimum atomic E-state index is -0.656. The molecule has 0 radical (unpaired) electrons. The predicted molar refractivity (Wildman–Crippen MR) is 89.0 cm³/mol. The number of benzene rings is 1. The van der Waals surface area contributed by atoms with Crippen molar-refractivity contribution in [3.05, 3.63) is 29.6 Å². The van der Waals surface area contributed by atoms with Gasteiger partial charge in [-0.1, -0.05) is 13.8 Å². The van der Waals surface area contributed by atoms with Crippen LogP contribution in [0.4, 0.5) is 14.9 Å². The van der Waals surface area contributed by atoms with Crippen LogP contribution in [0.25, 0.3) is 0 Å². The van der Waals surface area contributed by atoms with Crippen molar-refractivity contribution in [2.24, 2.45) is 11.7 Å². The molecular formula is C16H23FN4O3. The third kappa shape index (κ3) is 6.23. The van der Waals surface area contributed by atoms with Crippen LogP contribution in [0.5, 0.6) is 0 Å². The molecule has 24 heavy (non-hydrogen) atoms. The zero-order valence-corrected chi connectivity index (χ0v) is 14.0. The monoisotopic (exact) mass is 338 g/mol. The lowest BCUT2D eigenvalue weighted by Crippen LogP contribution is -2.39. The number of halogens is 1. The van der Waals surface area contributed by atoms with Crippen LogP contribution < -0.4 is 21.7 Å². The zero-order valence-electron chi connectivity index (χ0n) is 14.0. The Hall–Kier alpha value is -2.64. The van der Waals surface area contributed by atoms with Crippen LogP contribution in [0.15, 0.2) is 18.2 Å². The summed E-state index contributed by atoms with van der Waals surface area (Å²) in [5.74, 6) is -1.46. The summed E-state index contributed by atoms with van der Waals surface area (Å²) in [5.41, 5.74) is 5.04. The molecule has 1 unspecified atom stereocenters. The number of hydrogen-bond acceptors (Lipinski definition) is 3. The largest absolute Gasteiger partial charge is 0.370 e.